The minimum Gasteiger partial charge on any atom is -0.469 e. The Morgan fingerprint density at radius 3 is 2.60 bits per heavy atom. The summed E-state index contributed by atoms with van der Waals surface area (Å²) in [6.07, 6.45) is 2.72. The molecule has 2 aliphatic heterocycles. The lowest BCUT2D eigenvalue weighted by Gasteiger charge is -2.43. The fourth-order valence-electron chi connectivity index (χ4n) is 4.43. The summed E-state index contributed by atoms with van der Waals surface area (Å²) in [5.41, 5.74) is 1.10. The number of benzene rings is 1. The molecule has 0 N–H and O–H groups in total. The van der Waals surface area contributed by atoms with Gasteiger partial charge in [-0.2, -0.15) is 0 Å². The smallest absolute Gasteiger partial charge is 0.320 e. The number of carbonyl (C=O) groups is 2. The van der Waals surface area contributed by atoms with Gasteiger partial charge in [0.15, 0.2) is 0 Å². The van der Waals surface area contributed by atoms with Gasteiger partial charge in [0.1, 0.15) is 0 Å². The first kappa shape index (κ1) is 18.2. The highest BCUT2D eigenvalue weighted by molar-refractivity contribution is 6.30. The second kappa shape index (κ2) is 7.75. The highest BCUT2D eigenvalue weighted by Crippen LogP contribution is 2.47. The summed E-state index contributed by atoms with van der Waals surface area (Å²) in [6, 6.07) is 8.00. The largest absolute Gasteiger partial charge is 0.469 e. The molecule has 0 amide bonds. The first-order chi connectivity index (χ1) is 12.0. The van der Waals surface area contributed by atoms with E-state index in [1.54, 1.807) is 6.92 Å². The Labute approximate surface area is 153 Å². The Hall–Kier alpha value is -1.59. The molecule has 5 nitrogen and oxygen atoms in total. The van der Waals surface area contributed by atoms with E-state index in [0.29, 0.717) is 11.6 Å². The van der Waals surface area contributed by atoms with E-state index in [0.717, 1.165) is 24.8 Å². The number of piperidine rings is 1. The van der Waals surface area contributed by atoms with Crippen LogP contribution in [0.15, 0.2) is 24.3 Å². The van der Waals surface area contributed by atoms with Gasteiger partial charge < -0.3 is 9.47 Å². The zero-order chi connectivity index (χ0) is 18.0. The Morgan fingerprint density at radius 1 is 1.24 bits per heavy atom. The van der Waals surface area contributed by atoms with Crippen LogP contribution in [0, 0.1) is 5.92 Å². The van der Waals surface area contributed by atoms with Crippen molar-refractivity contribution < 1.29 is 19.1 Å². The molecule has 2 saturated heterocycles. The van der Waals surface area contributed by atoms with Crippen molar-refractivity contribution in [3.63, 3.8) is 0 Å². The fourth-order valence-corrected chi connectivity index (χ4v) is 4.55. The molecule has 6 heteroatoms. The molecule has 0 aromatic heterocycles. The van der Waals surface area contributed by atoms with Crippen LogP contribution in [0.2, 0.25) is 5.02 Å². The predicted octanol–water partition coefficient (Wildman–Crippen LogP) is 3.01. The van der Waals surface area contributed by atoms with Gasteiger partial charge in [-0.3, -0.25) is 14.5 Å². The van der Waals surface area contributed by atoms with Gasteiger partial charge in [-0.05, 0) is 43.9 Å². The first-order valence-electron chi connectivity index (χ1n) is 8.79. The molecule has 0 saturated carbocycles. The van der Waals surface area contributed by atoms with Crippen molar-refractivity contribution >= 4 is 23.5 Å². The highest BCUT2D eigenvalue weighted by atomic mass is 35.5. The van der Waals surface area contributed by atoms with Crippen molar-refractivity contribution in [3.05, 3.63) is 34.9 Å². The molecular weight excluding hydrogens is 342 g/mol. The molecule has 2 heterocycles. The lowest BCUT2D eigenvalue weighted by Crippen LogP contribution is -2.52. The lowest BCUT2D eigenvalue weighted by molar-refractivity contribution is -0.154. The standard InChI is InChI=1S/C19H24ClNO4/c1-3-25-17(22)11-21-14-8-9-16(21)18(19(23)24-2)15(10-14)12-4-6-13(20)7-5-12/h4-7,14-16,18H,3,8-11H2,1-2H3/t14-,15-,16-,18?/m1/s1. The molecule has 2 fully saturated rings. The van der Waals surface area contributed by atoms with E-state index in [-0.39, 0.29) is 42.4 Å². The van der Waals surface area contributed by atoms with Crippen LogP contribution in [0.1, 0.15) is 37.7 Å². The molecule has 25 heavy (non-hydrogen) atoms. The number of halogens is 1. The lowest BCUT2D eigenvalue weighted by atomic mass is 9.76. The van der Waals surface area contributed by atoms with E-state index in [2.05, 4.69) is 4.90 Å². The summed E-state index contributed by atoms with van der Waals surface area (Å²) in [7, 11) is 1.43. The van der Waals surface area contributed by atoms with Crippen molar-refractivity contribution in [1.82, 2.24) is 4.90 Å². The highest BCUT2D eigenvalue weighted by Gasteiger charge is 2.51. The molecule has 2 bridgehead atoms. The number of esters is 2. The van der Waals surface area contributed by atoms with E-state index in [1.807, 2.05) is 24.3 Å². The summed E-state index contributed by atoms with van der Waals surface area (Å²) < 4.78 is 10.2. The number of nitrogens with zero attached hydrogens (tertiary/aromatic N) is 1. The SMILES string of the molecule is CCOC(=O)CN1[C@@H]2CC[C@@H]1C(C(=O)OC)[C@@H](c1ccc(Cl)cc1)C2. The fraction of sp³-hybridized carbons (Fsp3) is 0.579. The number of rotatable bonds is 5. The topological polar surface area (TPSA) is 55.8 Å². The van der Waals surface area contributed by atoms with E-state index in [4.69, 9.17) is 21.1 Å². The molecule has 1 aromatic rings. The Morgan fingerprint density at radius 2 is 1.96 bits per heavy atom. The maximum atomic E-state index is 12.6. The number of ether oxygens (including phenoxy) is 2. The van der Waals surface area contributed by atoms with E-state index in [1.165, 1.54) is 7.11 Å². The Bertz CT molecular complexity index is 633. The van der Waals surface area contributed by atoms with Gasteiger partial charge in [0, 0.05) is 23.0 Å². The van der Waals surface area contributed by atoms with Gasteiger partial charge in [-0.25, -0.2) is 0 Å². The Kier molecular flexibility index (Phi) is 5.64. The molecule has 0 aliphatic carbocycles. The van der Waals surface area contributed by atoms with Gasteiger partial charge in [-0.15, -0.1) is 0 Å². The average Bonchev–Trinajstić information content (AvgIpc) is 2.86. The van der Waals surface area contributed by atoms with Gasteiger partial charge in [0.2, 0.25) is 0 Å². The van der Waals surface area contributed by atoms with E-state index >= 15 is 0 Å². The van der Waals surface area contributed by atoms with Crippen molar-refractivity contribution in [2.45, 2.75) is 44.2 Å². The van der Waals surface area contributed by atoms with Crippen molar-refractivity contribution in [2.75, 3.05) is 20.3 Å². The second-order valence-electron chi connectivity index (χ2n) is 6.72. The number of hydrogen-bond donors (Lipinski definition) is 0. The van der Waals surface area contributed by atoms with Crippen LogP contribution in [0.5, 0.6) is 0 Å². The number of methoxy groups -OCH3 is 1. The Balaban J connectivity index is 1.86. The summed E-state index contributed by atoms with van der Waals surface area (Å²) in [4.78, 5) is 26.7. The van der Waals surface area contributed by atoms with Gasteiger partial charge in [-0.1, -0.05) is 23.7 Å². The maximum Gasteiger partial charge on any atom is 0.320 e. The summed E-state index contributed by atoms with van der Waals surface area (Å²) in [5, 5.41) is 0.682. The van der Waals surface area contributed by atoms with Crippen molar-refractivity contribution in [1.29, 1.82) is 0 Å². The normalized spacial score (nSPS) is 28.6. The van der Waals surface area contributed by atoms with Crippen LogP contribution in [0.25, 0.3) is 0 Å². The molecule has 0 spiro atoms. The first-order valence-corrected chi connectivity index (χ1v) is 9.17. The second-order valence-corrected chi connectivity index (χ2v) is 7.16. The van der Waals surface area contributed by atoms with Crippen molar-refractivity contribution in [3.8, 4) is 0 Å². The van der Waals surface area contributed by atoms with E-state index in [9.17, 15) is 9.59 Å². The molecule has 0 radical (unpaired) electrons. The monoisotopic (exact) mass is 365 g/mol. The maximum absolute atomic E-state index is 12.6. The van der Waals surface area contributed by atoms with Crippen LogP contribution in [-0.4, -0.2) is 49.2 Å². The number of hydrogen-bond acceptors (Lipinski definition) is 5. The average molecular weight is 366 g/mol. The molecule has 1 aromatic carbocycles. The molecule has 136 valence electrons. The third-order valence-electron chi connectivity index (χ3n) is 5.45. The third-order valence-corrected chi connectivity index (χ3v) is 5.71. The van der Waals surface area contributed by atoms with Crippen LogP contribution >= 0.6 is 11.6 Å². The number of carbonyl (C=O) groups excluding carboxylic acids is 2. The zero-order valence-electron chi connectivity index (χ0n) is 14.6. The van der Waals surface area contributed by atoms with Gasteiger partial charge in [0.25, 0.3) is 0 Å². The van der Waals surface area contributed by atoms with Crippen molar-refractivity contribution in [2.24, 2.45) is 5.92 Å². The molecular formula is C19H24ClNO4. The molecule has 1 unspecified atom stereocenters. The number of fused-ring (bicyclic) bond motifs is 2. The minimum atomic E-state index is -0.278. The molecule has 4 atom stereocenters. The molecule has 3 rings (SSSR count). The molecule has 2 aliphatic rings. The summed E-state index contributed by atoms with van der Waals surface area (Å²) in [5.74, 6) is -0.632. The predicted molar refractivity (Wildman–Crippen MR) is 94.5 cm³/mol. The van der Waals surface area contributed by atoms with E-state index < -0.39 is 0 Å². The van der Waals surface area contributed by atoms with Crippen LogP contribution < -0.4 is 0 Å². The van der Waals surface area contributed by atoms with Crippen LogP contribution in [0.4, 0.5) is 0 Å². The van der Waals surface area contributed by atoms with Crippen LogP contribution in [0.3, 0.4) is 0 Å². The van der Waals surface area contributed by atoms with Gasteiger partial charge >= 0.3 is 11.9 Å². The third kappa shape index (κ3) is 3.67. The van der Waals surface area contributed by atoms with Crippen LogP contribution in [-0.2, 0) is 19.1 Å². The minimum absolute atomic E-state index is 0.0104. The zero-order valence-corrected chi connectivity index (χ0v) is 15.4. The summed E-state index contributed by atoms with van der Waals surface area (Å²) >= 11 is 6.01. The van der Waals surface area contributed by atoms with Gasteiger partial charge in [0.05, 0.1) is 26.2 Å². The summed E-state index contributed by atoms with van der Waals surface area (Å²) in [6.45, 7) is 2.41. The quantitative estimate of drug-likeness (QED) is 0.751.